The van der Waals surface area contributed by atoms with Crippen LogP contribution in [0.25, 0.3) is 0 Å². The maximum absolute atomic E-state index is 12.2. The number of likely N-dealkylation sites (tertiary alicyclic amines) is 1. The quantitative estimate of drug-likeness (QED) is 0.846. The van der Waals surface area contributed by atoms with E-state index in [0.717, 1.165) is 30.5 Å². The van der Waals surface area contributed by atoms with Crippen LogP contribution in [0.1, 0.15) is 30.9 Å². The Hall–Kier alpha value is -1.59. The first-order chi connectivity index (χ1) is 10.7. The summed E-state index contributed by atoms with van der Waals surface area (Å²) >= 11 is 0. The predicted octanol–water partition coefficient (Wildman–Crippen LogP) is 2.14. The Morgan fingerprint density at radius 1 is 1.36 bits per heavy atom. The van der Waals surface area contributed by atoms with Crippen molar-refractivity contribution in [1.82, 2.24) is 10.2 Å². The number of ether oxygens (including phenoxy) is 1. The number of carbonyl (C=O) groups excluding carboxylic acids is 1. The van der Waals surface area contributed by atoms with Gasteiger partial charge < -0.3 is 20.1 Å². The molecule has 1 aromatic rings. The summed E-state index contributed by atoms with van der Waals surface area (Å²) in [6.45, 7) is 5.41. The van der Waals surface area contributed by atoms with E-state index < -0.39 is 0 Å². The zero-order chi connectivity index (χ0) is 15.8. The predicted molar refractivity (Wildman–Crippen MR) is 85.4 cm³/mol. The molecular formula is C17H26N2O3. The summed E-state index contributed by atoms with van der Waals surface area (Å²) in [5.41, 5.74) is 2.21. The fourth-order valence-corrected chi connectivity index (χ4v) is 2.66. The number of aliphatic hydroxyl groups excluding tert-OH is 1. The highest BCUT2D eigenvalue weighted by molar-refractivity contribution is 5.74. The molecule has 1 atom stereocenters. The minimum atomic E-state index is -0.0449. The van der Waals surface area contributed by atoms with Gasteiger partial charge >= 0.3 is 6.03 Å². The summed E-state index contributed by atoms with van der Waals surface area (Å²) in [5, 5.41) is 12.2. The van der Waals surface area contributed by atoms with Crippen LogP contribution in [0.5, 0.6) is 0 Å². The van der Waals surface area contributed by atoms with Crippen LogP contribution in [0, 0.1) is 5.92 Å². The molecule has 122 valence electrons. The maximum atomic E-state index is 12.2. The number of carbonyl (C=O) groups is 1. The molecule has 1 heterocycles. The zero-order valence-corrected chi connectivity index (χ0v) is 13.3. The van der Waals surface area contributed by atoms with E-state index >= 15 is 0 Å². The van der Waals surface area contributed by atoms with Crippen LogP contribution in [0.15, 0.2) is 24.3 Å². The van der Waals surface area contributed by atoms with E-state index in [1.807, 2.05) is 31.2 Å². The van der Waals surface area contributed by atoms with Crippen molar-refractivity contribution in [2.24, 2.45) is 5.92 Å². The molecule has 5 heteroatoms. The number of amides is 2. The topological polar surface area (TPSA) is 61.8 Å². The molecule has 2 rings (SSSR count). The summed E-state index contributed by atoms with van der Waals surface area (Å²) in [6.07, 6.45) is 1.96. The lowest BCUT2D eigenvalue weighted by Gasteiger charge is -2.31. The molecule has 1 aliphatic rings. The van der Waals surface area contributed by atoms with Crippen molar-refractivity contribution in [2.45, 2.75) is 32.9 Å². The van der Waals surface area contributed by atoms with Gasteiger partial charge in [-0.05, 0) is 36.8 Å². The van der Waals surface area contributed by atoms with Crippen molar-refractivity contribution in [3.63, 3.8) is 0 Å². The molecule has 0 radical (unpaired) electrons. The monoisotopic (exact) mass is 306 g/mol. The summed E-state index contributed by atoms with van der Waals surface area (Å²) in [7, 11) is 0. The number of hydrogen-bond acceptors (Lipinski definition) is 3. The Morgan fingerprint density at radius 3 is 2.77 bits per heavy atom. The second kappa shape index (κ2) is 8.76. The Morgan fingerprint density at radius 2 is 2.09 bits per heavy atom. The Balaban J connectivity index is 1.78. The largest absolute Gasteiger partial charge is 0.396 e. The second-order valence-corrected chi connectivity index (χ2v) is 5.75. The van der Waals surface area contributed by atoms with Gasteiger partial charge in [0.2, 0.25) is 0 Å². The molecule has 0 aromatic heterocycles. The fourth-order valence-electron chi connectivity index (χ4n) is 2.66. The van der Waals surface area contributed by atoms with Crippen LogP contribution in [-0.2, 0) is 17.9 Å². The summed E-state index contributed by atoms with van der Waals surface area (Å²) < 4.78 is 5.36. The minimum Gasteiger partial charge on any atom is -0.396 e. The zero-order valence-electron chi connectivity index (χ0n) is 13.3. The molecule has 1 unspecified atom stereocenters. The van der Waals surface area contributed by atoms with E-state index in [2.05, 4.69) is 5.32 Å². The maximum Gasteiger partial charge on any atom is 0.317 e. The Labute approximate surface area is 132 Å². The Kier molecular flexibility index (Phi) is 6.68. The average Bonchev–Trinajstić information content (AvgIpc) is 2.58. The van der Waals surface area contributed by atoms with Crippen LogP contribution in [0.2, 0.25) is 0 Å². The van der Waals surface area contributed by atoms with Gasteiger partial charge in [-0.15, -0.1) is 0 Å². The molecule has 1 fully saturated rings. The SMILES string of the molecule is CCOCc1ccc(CNC(=O)N2CCCC(CO)C2)cc1. The number of nitrogens with zero attached hydrogens (tertiary/aromatic N) is 1. The van der Waals surface area contributed by atoms with Gasteiger partial charge in [0, 0.05) is 32.8 Å². The van der Waals surface area contributed by atoms with Crippen molar-refractivity contribution in [3.05, 3.63) is 35.4 Å². The average molecular weight is 306 g/mol. The highest BCUT2D eigenvalue weighted by Gasteiger charge is 2.22. The van der Waals surface area contributed by atoms with Crippen molar-refractivity contribution >= 4 is 6.03 Å². The molecule has 2 N–H and O–H groups in total. The Bertz CT molecular complexity index is 461. The van der Waals surface area contributed by atoms with E-state index in [1.54, 1.807) is 4.90 Å². The number of piperidine rings is 1. The first kappa shape index (κ1) is 16.8. The van der Waals surface area contributed by atoms with Crippen molar-refractivity contribution < 1.29 is 14.6 Å². The van der Waals surface area contributed by atoms with Gasteiger partial charge in [0.05, 0.1) is 6.61 Å². The molecule has 22 heavy (non-hydrogen) atoms. The first-order valence-electron chi connectivity index (χ1n) is 8.02. The molecule has 1 aromatic carbocycles. The van der Waals surface area contributed by atoms with Crippen molar-refractivity contribution in [1.29, 1.82) is 0 Å². The van der Waals surface area contributed by atoms with E-state index in [-0.39, 0.29) is 18.6 Å². The summed E-state index contributed by atoms with van der Waals surface area (Å²) in [5.74, 6) is 0.220. The van der Waals surface area contributed by atoms with Gasteiger partial charge in [0.15, 0.2) is 0 Å². The fraction of sp³-hybridized carbons (Fsp3) is 0.588. The number of aliphatic hydroxyl groups is 1. The lowest BCUT2D eigenvalue weighted by Crippen LogP contribution is -2.45. The number of urea groups is 1. The molecule has 5 nitrogen and oxygen atoms in total. The number of benzene rings is 1. The standard InChI is InChI=1S/C17H26N2O3/c1-2-22-13-15-7-5-14(6-8-15)10-18-17(21)19-9-3-4-16(11-19)12-20/h5-8,16,20H,2-4,9-13H2,1H3,(H,18,21). The second-order valence-electron chi connectivity index (χ2n) is 5.75. The lowest BCUT2D eigenvalue weighted by molar-refractivity contribution is 0.129. The normalized spacial score (nSPS) is 18.3. The van der Waals surface area contributed by atoms with Crippen LogP contribution >= 0.6 is 0 Å². The van der Waals surface area contributed by atoms with Crippen LogP contribution in [0.4, 0.5) is 4.79 Å². The third kappa shape index (κ3) is 5.00. The van der Waals surface area contributed by atoms with Gasteiger partial charge in [-0.2, -0.15) is 0 Å². The summed E-state index contributed by atoms with van der Waals surface area (Å²) in [6, 6.07) is 8.04. The smallest absolute Gasteiger partial charge is 0.317 e. The van der Waals surface area contributed by atoms with Gasteiger partial charge in [0.1, 0.15) is 0 Å². The molecule has 2 amide bonds. The van der Waals surface area contributed by atoms with Gasteiger partial charge in [-0.3, -0.25) is 0 Å². The van der Waals surface area contributed by atoms with Crippen molar-refractivity contribution in [3.8, 4) is 0 Å². The number of nitrogens with one attached hydrogen (secondary N) is 1. The number of hydrogen-bond donors (Lipinski definition) is 2. The third-order valence-electron chi connectivity index (χ3n) is 4.00. The third-order valence-corrected chi connectivity index (χ3v) is 4.00. The van der Waals surface area contributed by atoms with Gasteiger partial charge in [-0.1, -0.05) is 24.3 Å². The number of rotatable bonds is 6. The van der Waals surface area contributed by atoms with E-state index in [4.69, 9.17) is 4.74 Å². The first-order valence-corrected chi connectivity index (χ1v) is 8.02. The highest BCUT2D eigenvalue weighted by Crippen LogP contribution is 2.15. The molecule has 0 aliphatic carbocycles. The minimum absolute atomic E-state index is 0.0449. The van der Waals surface area contributed by atoms with E-state index in [9.17, 15) is 9.90 Å². The lowest BCUT2D eigenvalue weighted by atomic mass is 9.99. The van der Waals surface area contributed by atoms with E-state index in [1.165, 1.54) is 0 Å². The molecule has 0 bridgehead atoms. The molecular weight excluding hydrogens is 280 g/mol. The summed E-state index contributed by atoms with van der Waals surface area (Å²) in [4.78, 5) is 14.0. The van der Waals surface area contributed by atoms with Crippen LogP contribution in [-0.4, -0.2) is 42.3 Å². The van der Waals surface area contributed by atoms with E-state index in [0.29, 0.717) is 26.3 Å². The van der Waals surface area contributed by atoms with Gasteiger partial charge in [-0.25, -0.2) is 4.79 Å². The van der Waals surface area contributed by atoms with Gasteiger partial charge in [0.25, 0.3) is 0 Å². The van der Waals surface area contributed by atoms with Crippen LogP contribution < -0.4 is 5.32 Å². The van der Waals surface area contributed by atoms with Crippen LogP contribution in [0.3, 0.4) is 0 Å². The molecule has 0 spiro atoms. The molecule has 1 aliphatic heterocycles. The van der Waals surface area contributed by atoms with Crippen molar-refractivity contribution in [2.75, 3.05) is 26.3 Å². The molecule has 1 saturated heterocycles. The highest BCUT2D eigenvalue weighted by atomic mass is 16.5. The molecule has 0 saturated carbocycles.